The number of nitrogens with one attached hydrogen (secondary N) is 1. The number of carbonyl (C=O) groups is 2. The van der Waals surface area contributed by atoms with E-state index in [-0.39, 0.29) is 17.6 Å². The molecule has 0 aliphatic carbocycles. The van der Waals surface area contributed by atoms with Crippen LogP contribution in [0, 0.1) is 0 Å². The summed E-state index contributed by atoms with van der Waals surface area (Å²) in [5.41, 5.74) is 1.15. The highest BCUT2D eigenvalue weighted by molar-refractivity contribution is 7.99. The smallest absolute Gasteiger partial charge is 0.253 e. The van der Waals surface area contributed by atoms with Crippen LogP contribution in [0.2, 0.25) is 0 Å². The Morgan fingerprint density at radius 2 is 2.14 bits per heavy atom. The van der Waals surface area contributed by atoms with Crippen LogP contribution in [0.5, 0.6) is 0 Å². The Kier molecular flexibility index (Phi) is 5.21. The highest BCUT2D eigenvalue weighted by atomic mass is 32.2. The van der Waals surface area contributed by atoms with Gasteiger partial charge in [-0.05, 0) is 18.2 Å². The van der Waals surface area contributed by atoms with E-state index in [2.05, 4.69) is 10.3 Å². The Bertz CT molecular complexity index is 682. The molecule has 0 saturated heterocycles. The third-order valence-corrected chi connectivity index (χ3v) is 3.97. The average Bonchev–Trinajstić information content (AvgIpc) is 2.90. The fraction of sp³-hybridized carbons (Fsp3) is 0.267. The third kappa shape index (κ3) is 4.11. The van der Waals surface area contributed by atoms with Crippen molar-refractivity contribution in [3.63, 3.8) is 0 Å². The molecule has 0 radical (unpaired) electrons. The van der Waals surface area contributed by atoms with Crippen molar-refractivity contribution in [1.29, 1.82) is 0 Å². The van der Waals surface area contributed by atoms with Crippen LogP contribution in [-0.4, -0.2) is 46.1 Å². The number of carbonyl (C=O) groups excluding carboxylic acids is 2. The lowest BCUT2D eigenvalue weighted by Gasteiger charge is -2.11. The van der Waals surface area contributed by atoms with Crippen LogP contribution in [0.1, 0.15) is 10.4 Å². The van der Waals surface area contributed by atoms with Crippen molar-refractivity contribution in [3.05, 3.63) is 42.2 Å². The number of amides is 2. The standard InChI is InChI=1S/C15H18N4O2S/c1-18(2)14(21)11-5-4-6-12(9-11)17-13(20)10-22-15-16-7-8-19(15)3/h4-9H,10H2,1-3H3,(H,17,20). The molecule has 1 aromatic carbocycles. The number of benzene rings is 1. The van der Waals surface area contributed by atoms with Crippen LogP contribution in [0.3, 0.4) is 0 Å². The van der Waals surface area contributed by atoms with E-state index in [0.29, 0.717) is 11.3 Å². The van der Waals surface area contributed by atoms with Crippen molar-refractivity contribution in [3.8, 4) is 0 Å². The number of thioether (sulfide) groups is 1. The Morgan fingerprint density at radius 1 is 1.36 bits per heavy atom. The predicted molar refractivity (Wildman–Crippen MR) is 87.0 cm³/mol. The number of imidazole rings is 1. The molecular formula is C15H18N4O2S. The van der Waals surface area contributed by atoms with Gasteiger partial charge in [-0.15, -0.1) is 0 Å². The Balaban J connectivity index is 1.95. The summed E-state index contributed by atoms with van der Waals surface area (Å²) in [4.78, 5) is 29.5. The first-order chi connectivity index (χ1) is 10.5. The van der Waals surface area contributed by atoms with Crippen LogP contribution in [0.15, 0.2) is 41.8 Å². The lowest BCUT2D eigenvalue weighted by molar-refractivity contribution is -0.113. The fourth-order valence-electron chi connectivity index (χ4n) is 1.81. The minimum absolute atomic E-state index is 0.0986. The molecule has 0 saturated carbocycles. The lowest BCUT2D eigenvalue weighted by atomic mass is 10.2. The molecule has 0 spiro atoms. The molecule has 1 N–H and O–H groups in total. The van der Waals surface area contributed by atoms with Crippen molar-refractivity contribution in [2.75, 3.05) is 25.2 Å². The number of aryl methyl sites for hydroxylation is 1. The van der Waals surface area contributed by atoms with Gasteiger partial charge in [-0.2, -0.15) is 0 Å². The quantitative estimate of drug-likeness (QED) is 0.855. The van der Waals surface area contributed by atoms with E-state index in [4.69, 9.17) is 0 Å². The summed E-state index contributed by atoms with van der Waals surface area (Å²) in [5.74, 6) is 0.0254. The largest absolute Gasteiger partial charge is 0.345 e. The monoisotopic (exact) mass is 318 g/mol. The van der Waals surface area contributed by atoms with Gasteiger partial charge in [0, 0.05) is 44.8 Å². The van der Waals surface area contributed by atoms with E-state index < -0.39 is 0 Å². The van der Waals surface area contributed by atoms with E-state index in [0.717, 1.165) is 5.16 Å². The number of anilines is 1. The molecule has 1 heterocycles. The summed E-state index contributed by atoms with van der Waals surface area (Å²) < 4.78 is 1.86. The van der Waals surface area contributed by atoms with Crippen molar-refractivity contribution < 1.29 is 9.59 Å². The molecule has 0 aliphatic heterocycles. The third-order valence-electron chi connectivity index (χ3n) is 2.91. The molecular weight excluding hydrogens is 300 g/mol. The normalized spacial score (nSPS) is 10.3. The van der Waals surface area contributed by atoms with Gasteiger partial charge in [-0.1, -0.05) is 17.8 Å². The topological polar surface area (TPSA) is 67.2 Å². The summed E-state index contributed by atoms with van der Waals surface area (Å²) in [7, 11) is 5.26. The summed E-state index contributed by atoms with van der Waals surface area (Å²) in [6, 6.07) is 6.90. The number of rotatable bonds is 5. The maximum atomic E-state index is 12.0. The summed E-state index contributed by atoms with van der Waals surface area (Å²) in [6.45, 7) is 0. The molecule has 0 atom stereocenters. The molecule has 6 nitrogen and oxygen atoms in total. The van der Waals surface area contributed by atoms with Gasteiger partial charge in [0.15, 0.2) is 5.16 Å². The number of hydrogen-bond donors (Lipinski definition) is 1. The molecule has 2 amide bonds. The maximum absolute atomic E-state index is 12.0. The highest BCUT2D eigenvalue weighted by Gasteiger charge is 2.10. The predicted octanol–water partition coefficient (Wildman–Crippen LogP) is 1.85. The second-order valence-electron chi connectivity index (χ2n) is 4.94. The minimum Gasteiger partial charge on any atom is -0.345 e. The Morgan fingerprint density at radius 3 is 2.77 bits per heavy atom. The zero-order valence-corrected chi connectivity index (χ0v) is 13.6. The molecule has 2 aromatic rings. The Labute approximate surface area is 133 Å². The van der Waals surface area contributed by atoms with Gasteiger partial charge in [-0.25, -0.2) is 4.98 Å². The molecule has 0 unspecified atom stereocenters. The zero-order valence-electron chi connectivity index (χ0n) is 12.7. The molecule has 2 rings (SSSR count). The van der Waals surface area contributed by atoms with Gasteiger partial charge in [0.25, 0.3) is 5.91 Å². The van der Waals surface area contributed by atoms with Gasteiger partial charge < -0.3 is 14.8 Å². The Hall–Kier alpha value is -2.28. The van der Waals surface area contributed by atoms with Gasteiger partial charge in [0.1, 0.15) is 0 Å². The van der Waals surface area contributed by atoms with Gasteiger partial charge in [0.2, 0.25) is 5.91 Å². The molecule has 7 heteroatoms. The van der Waals surface area contributed by atoms with E-state index >= 15 is 0 Å². The summed E-state index contributed by atoms with van der Waals surface area (Å²) >= 11 is 1.36. The number of nitrogens with zero attached hydrogens (tertiary/aromatic N) is 3. The van der Waals surface area contributed by atoms with E-state index in [9.17, 15) is 9.59 Å². The van der Waals surface area contributed by atoms with E-state index in [1.165, 1.54) is 16.7 Å². The van der Waals surface area contributed by atoms with Crippen molar-refractivity contribution in [1.82, 2.24) is 14.5 Å². The highest BCUT2D eigenvalue weighted by Crippen LogP contribution is 2.16. The first-order valence-electron chi connectivity index (χ1n) is 6.69. The number of hydrogen-bond acceptors (Lipinski definition) is 4. The first-order valence-corrected chi connectivity index (χ1v) is 7.67. The zero-order chi connectivity index (χ0) is 16.1. The van der Waals surface area contributed by atoms with Crippen LogP contribution < -0.4 is 5.32 Å². The molecule has 0 fully saturated rings. The van der Waals surface area contributed by atoms with Crippen molar-refractivity contribution in [2.45, 2.75) is 5.16 Å². The second kappa shape index (κ2) is 7.13. The van der Waals surface area contributed by atoms with E-state index in [1.807, 2.05) is 17.8 Å². The minimum atomic E-state index is -0.137. The fourth-order valence-corrected chi connectivity index (χ4v) is 2.54. The molecule has 116 valence electrons. The van der Waals surface area contributed by atoms with Crippen LogP contribution in [-0.2, 0) is 11.8 Å². The molecule has 1 aromatic heterocycles. The summed E-state index contributed by atoms with van der Waals surface area (Å²) in [6.07, 6.45) is 3.52. The van der Waals surface area contributed by atoms with Crippen molar-refractivity contribution in [2.24, 2.45) is 7.05 Å². The molecule has 0 aliphatic rings. The summed E-state index contributed by atoms with van der Waals surface area (Å²) in [5, 5.41) is 3.57. The molecule has 0 bridgehead atoms. The average molecular weight is 318 g/mol. The lowest BCUT2D eigenvalue weighted by Crippen LogP contribution is -2.22. The van der Waals surface area contributed by atoms with Crippen LogP contribution >= 0.6 is 11.8 Å². The second-order valence-corrected chi connectivity index (χ2v) is 5.88. The maximum Gasteiger partial charge on any atom is 0.253 e. The van der Waals surface area contributed by atoms with Gasteiger partial charge in [-0.3, -0.25) is 9.59 Å². The van der Waals surface area contributed by atoms with Crippen LogP contribution in [0.4, 0.5) is 5.69 Å². The van der Waals surface area contributed by atoms with Gasteiger partial charge in [0.05, 0.1) is 5.75 Å². The first kappa shape index (κ1) is 16.1. The SMILES string of the molecule is CN(C)C(=O)c1cccc(NC(=O)CSc2nccn2C)c1. The number of aromatic nitrogens is 2. The molecule has 22 heavy (non-hydrogen) atoms. The van der Waals surface area contributed by atoms with Crippen molar-refractivity contribution >= 4 is 29.3 Å². The van der Waals surface area contributed by atoms with Crippen LogP contribution in [0.25, 0.3) is 0 Å². The van der Waals surface area contributed by atoms with Gasteiger partial charge >= 0.3 is 0 Å². The van der Waals surface area contributed by atoms with E-state index in [1.54, 1.807) is 44.6 Å².